The molecule has 122 valence electrons. The van der Waals surface area contributed by atoms with Gasteiger partial charge in [-0.1, -0.05) is 29.8 Å². The van der Waals surface area contributed by atoms with Crippen molar-refractivity contribution in [3.8, 4) is 5.75 Å². The van der Waals surface area contributed by atoms with Gasteiger partial charge in [-0.15, -0.1) is 11.3 Å². The van der Waals surface area contributed by atoms with Gasteiger partial charge < -0.3 is 10.4 Å². The lowest BCUT2D eigenvalue weighted by atomic mass is 10.0. The normalized spacial score (nSPS) is 11.9. The van der Waals surface area contributed by atoms with Crippen LogP contribution in [0.1, 0.15) is 26.8 Å². The maximum atomic E-state index is 13.2. The first-order chi connectivity index (χ1) is 11.5. The number of carbonyl (C=O) groups is 1. The van der Waals surface area contributed by atoms with E-state index < -0.39 is 6.04 Å². The van der Waals surface area contributed by atoms with Crippen molar-refractivity contribution < 1.29 is 14.3 Å². The Bertz CT molecular complexity index is 850. The van der Waals surface area contributed by atoms with Crippen LogP contribution in [0.4, 0.5) is 4.39 Å². The molecule has 24 heavy (non-hydrogen) atoms. The summed E-state index contributed by atoms with van der Waals surface area (Å²) in [5, 5.41) is 14.4. The summed E-state index contributed by atoms with van der Waals surface area (Å²) in [6.45, 7) is 0. The molecule has 0 bridgehead atoms. The molecule has 1 heterocycles. The molecule has 0 fully saturated rings. The summed E-state index contributed by atoms with van der Waals surface area (Å²) in [4.78, 5) is 13.5. The quantitative estimate of drug-likeness (QED) is 0.703. The number of benzene rings is 2. The van der Waals surface area contributed by atoms with Gasteiger partial charge in [0.15, 0.2) is 0 Å². The zero-order valence-corrected chi connectivity index (χ0v) is 13.9. The summed E-state index contributed by atoms with van der Waals surface area (Å²) >= 11 is 7.36. The number of carbonyl (C=O) groups excluding carboxylic acids is 1. The van der Waals surface area contributed by atoms with E-state index in [1.54, 1.807) is 12.1 Å². The predicted octanol–water partition coefficient (Wildman–Crippen LogP) is 4.77. The van der Waals surface area contributed by atoms with Gasteiger partial charge >= 0.3 is 0 Å². The average Bonchev–Trinajstić information content (AvgIpc) is 3.10. The van der Waals surface area contributed by atoms with Crippen LogP contribution in [0, 0.1) is 5.82 Å². The van der Waals surface area contributed by atoms with Crippen molar-refractivity contribution >= 4 is 28.8 Å². The average molecular weight is 362 g/mol. The molecule has 0 unspecified atom stereocenters. The molecule has 2 N–H and O–H groups in total. The molecule has 3 rings (SSSR count). The van der Waals surface area contributed by atoms with E-state index in [2.05, 4.69) is 5.32 Å². The summed E-state index contributed by atoms with van der Waals surface area (Å²) in [7, 11) is 0. The van der Waals surface area contributed by atoms with Gasteiger partial charge in [0.2, 0.25) is 0 Å². The standard InChI is InChI=1S/C18H13ClFNO2S/c19-14-10-12(5-8-15(14)22)18(23)21-17(16-2-1-9-24-16)11-3-6-13(20)7-4-11/h1-10,17,22H,(H,21,23)/t17-/m0/s1. The minimum atomic E-state index is -0.398. The number of aromatic hydroxyl groups is 1. The highest BCUT2D eigenvalue weighted by molar-refractivity contribution is 7.10. The second kappa shape index (κ2) is 7.03. The Morgan fingerprint density at radius 1 is 1.17 bits per heavy atom. The summed E-state index contributed by atoms with van der Waals surface area (Å²) < 4.78 is 13.2. The lowest BCUT2D eigenvalue weighted by Crippen LogP contribution is -2.28. The van der Waals surface area contributed by atoms with Gasteiger partial charge in [0.1, 0.15) is 11.6 Å². The third-order valence-corrected chi connectivity index (χ3v) is 4.76. The van der Waals surface area contributed by atoms with E-state index in [1.165, 1.54) is 41.7 Å². The Hall–Kier alpha value is -2.37. The highest BCUT2D eigenvalue weighted by atomic mass is 35.5. The SMILES string of the molecule is O=C(N[C@@H](c1ccc(F)cc1)c1cccs1)c1ccc(O)c(Cl)c1. The van der Waals surface area contributed by atoms with Crippen molar-refractivity contribution in [2.45, 2.75) is 6.04 Å². The highest BCUT2D eigenvalue weighted by Crippen LogP contribution is 2.28. The van der Waals surface area contributed by atoms with E-state index in [0.29, 0.717) is 5.56 Å². The molecule has 0 aliphatic carbocycles. The van der Waals surface area contributed by atoms with Gasteiger partial charge in [0.25, 0.3) is 5.91 Å². The van der Waals surface area contributed by atoms with E-state index >= 15 is 0 Å². The number of thiophene rings is 1. The first kappa shape index (κ1) is 16.5. The van der Waals surface area contributed by atoms with Crippen LogP contribution in [0.2, 0.25) is 5.02 Å². The number of phenols is 1. The van der Waals surface area contributed by atoms with Crippen molar-refractivity contribution in [3.63, 3.8) is 0 Å². The maximum Gasteiger partial charge on any atom is 0.252 e. The number of amides is 1. The first-order valence-corrected chi connectivity index (χ1v) is 8.38. The molecule has 3 aromatic rings. The molecule has 0 saturated heterocycles. The van der Waals surface area contributed by atoms with E-state index in [4.69, 9.17) is 11.6 Å². The number of hydrogen-bond acceptors (Lipinski definition) is 3. The summed E-state index contributed by atoms with van der Waals surface area (Å²) in [5.74, 6) is -0.749. The second-order valence-corrected chi connectivity index (χ2v) is 6.53. The van der Waals surface area contributed by atoms with E-state index in [0.717, 1.165) is 10.4 Å². The molecule has 2 aromatic carbocycles. The van der Waals surface area contributed by atoms with Crippen LogP contribution in [-0.2, 0) is 0 Å². The Kier molecular flexibility index (Phi) is 4.83. The van der Waals surface area contributed by atoms with Crippen molar-refractivity contribution in [1.82, 2.24) is 5.32 Å². The topological polar surface area (TPSA) is 49.3 Å². The van der Waals surface area contributed by atoms with Gasteiger partial charge in [0.05, 0.1) is 11.1 Å². The minimum Gasteiger partial charge on any atom is -0.506 e. The third kappa shape index (κ3) is 3.58. The summed E-state index contributed by atoms with van der Waals surface area (Å²) in [6, 6.07) is 13.7. The fourth-order valence-electron chi connectivity index (χ4n) is 2.29. The lowest BCUT2D eigenvalue weighted by molar-refractivity contribution is 0.0943. The van der Waals surface area contributed by atoms with E-state index in [1.807, 2.05) is 17.5 Å². The largest absolute Gasteiger partial charge is 0.506 e. The number of nitrogens with one attached hydrogen (secondary N) is 1. The minimum absolute atomic E-state index is 0.0819. The number of phenolic OH excluding ortho intramolecular Hbond substituents is 1. The number of rotatable bonds is 4. The van der Waals surface area contributed by atoms with E-state index in [-0.39, 0.29) is 22.5 Å². The molecule has 0 spiro atoms. The Morgan fingerprint density at radius 2 is 1.92 bits per heavy atom. The van der Waals surface area contributed by atoms with Gasteiger partial charge in [0, 0.05) is 10.4 Å². The first-order valence-electron chi connectivity index (χ1n) is 7.13. The van der Waals surface area contributed by atoms with Crippen LogP contribution < -0.4 is 5.32 Å². The van der Waals surface area contributed by atoms with Crippen LogP contribution >= 0.6 is 22.9 Å². The van der Waals surface area contributed by atoms with E-state index in [9.17, 15) is 14.3 Å². The Labute approximate surface area is 147 Å². The maximum absolute atomic E-state index is 13.2. The van der Waals surface area contributed by atoms with Crippen molar-refractivity contribution in [2.24, 2.45) is 0 Å². The lowest BCUT2D eigenvalue weighted by Gasteiger charge is -2.18. The van der Waals surface area contributed by atoms with Gasteiger partial charge in [-0.05, 0) is 47.3 Å². The van der Waals surface area contributed by atoms with Crippen molar-refractivity contribution in [1.29, 1.82) is 0 Å². The Balaban J connectivity index is 1.90. The summed E-state index contributed by atoms with van der Waals surface area (Å²) in [5.41, 5.74) is 1.11. The van der Waals surface area contributed by atoms with Crippen LogP contribution in [0.5, 0.6) is 5.75 Å². The van der Waals surface area contributed by atoms with Gasteiger partial charge in [-0.25, -0.2) is 4.39 Å². The molecule has 0 aliphatic heterocycles. The molecule has 0 saturated carbocycles. The molecule has 3 nitrogen and oxygen atoms in total. The molecule has 1 atom stereocenters. The zero-order valence-electron chi connectivity index (χ0n) is 12.4. The molecule has 1 amide bonds. The van der Waals surface area contributed by atoms with Crippen LogP contribution in [0.3, 0.4) is 0 Å². The predicted molar refractivity (Wildman–Crippen MR) is 93.1 cm³/mol. The molecule has 0 radical (unpaired) electrons. The molecule has 6 heteroatoms. The smallest absolute Gasteiger partial charge is 0.252 e. The van der Waals surface area contributed by atoms with Gasteiger partial charge in [-0.2, -0.15) is 0 Å². The molecular weight excluding hydrogens is 349 g/mol. The molecular formula is C18H13ClFNO2S. The van der Waals surface area contributed by atoms with Crippen molar-refractivity contribution in [3.05, 3.63) is 86.8 Å². The Morgan fingerprint density at radius 3 is 2.54 bits per heavy atom. The number of halogens is 2. The molecule has 1 aromatic heterocycles. The zero-order chi connectivity index (χ0) is 17.1. The van der Waals surface area contributed by atoms with Gasteiger partial charge in [-0.3, -0.25) is 4.79 Å². The number of hydrogen-bond donors (Lipinski definition) is 2. The summed E-state index contributed by atoms with van der Waals surface area (Å²) in [6.07, 6.45) is 0. The monoisotopic (exact) mass is 361 g/mol. The fraction of sp³-hybridized carbons (Fsp3) is 0.0556. The van der Waals surface area contributed by atoms with Crippen LogP contribution in [-0.4, -0.2) is 11.0 Å². The van der Waals surface area contributed by atoms with Crippen LogP contribution in [0.15, 0.2) is 60.0 Å². The third-order valence-electron chi connectivity index (χ3n) is 3.52. The van der Waals surface area contributed by atoms with Crippen LogP contribution in [0.25, 0.3) is 0 Å². The molecule has 0 aliphatic rings. The fourth-order valence-corrected chi connectivity index (χ4v) is 3.28. The highest BCUT2D eigenvalue weighted by Gasteiger charge is 2.19. The second-order valence-electron chi connectivity index (χ2n) is 5.14. The van der Waals surface area contributed by atoms with Crippen molar-refractivity contribution in [2.75, 3.05) is 0 Å².